The Morgan fingerprint density at radius 2 is 2.37 bits per heavy atom. The first kappa shape index (κ1) is 13.2. The number of aliphatic hydroxyl groups is 1. The highest BCUT2D eigenvalue weighted by atomic mass is 35.5. The first-order valence-corrected chi connectivity index (χ1v) is 6.55. The Kier molecular flexibility index (Phi) is 3.23. The van der Waals surface area contributed by atoms with E-state index in [4.69, 9.17) is 31.4 Å². The second kappa shape index (κ2) is 4.65. The van der Waals surface area contributed by atoms with E-state index in [1.165, 1.54) is 0 Å². The summed E-state index contributed by atoms with van der Waals surface area (Å²) in [4.78, 5) is 0. The minimum absolute atomic E-state index is 0.156. The Labute approximate surface area is 116 Å². The number of halogens is 1. The number of aliphatic hydroxyl groups excluding tert-OH is 1. The van der Waals surface area contributed by atoms with E-state index >= 15 is 0 Å². The Hall–Kier alpha value is -0.785. The van der Waals surface area contributed by atoms with Gasteiger partial charge in [0.25, 0.3) is 0 Å². The van der Waals surface area contributed by atoms with Crippen LogP contribution < -0.4 is 15.9 Å². The highest BCUT2D eigenvalue weighted by Crippen LogP contribution is 2.36. The molecule has 2 aliphatic rings. The molecule has 2 unspecified atom stereocenters. The highest BCUT2D eigenvalue weighted by Gasteiger charge is 2.47. The smallest absolute Gasteiger partial charge is 0.491 e. The summed E-state index contributed by atoms with van der Waals surface area (Å²) in [6.07, 6.45) is -0.308. The van der Waals surface area contributed by atoms with Gasteiger partial charge in [-0.25, -0.2) is 0 Å². The number of benzene rings is 1. The molecule has 0 bridgehead atoms. The summed E-state index contributed by atoms with van der Waals surface area (Å²) in [6.45, 7) is 2.19. The average Bonchev–Trinajstić information content (AvgIpc) is 2.70. The molecule has 1 aromatic rings. The molecule has 0 aliphatic carbocycles. The third-order valence-electron chi connectivity index (χ3n) is 3.51. The van der Waals surface area contributed by atoms with Gasteiger partial charge in [0.15, 0.2) is 0 Å². The predicted octanol–water partition coefficient (Wildman–Crippen LogP) is 0.225. The summed E-state index contributed by atoms with van der Waals surface area (Å²) < 4.78 is 17.4. The minimum Gasteiger partial charge on any atom is -0.491 e. The van der Waals surface area contributed by atoms with Crippen LogP contribution in [-0.2, 0) is 9.31 Å². The van der Waals surface area contributed by atoms with E-state index in [1.807, 2.05) is 0 Å². The monoisotopic (exact) mass is 283 g/mol. The van der Waals surface area contributed by atoms with Gasteiger partial charge in [-0.2, -0.15) is 0 Å². The van der Waals surface area contributed by atoms with Crippen molar-refractivity contribution < 1.29 is 19.2 Å². The SMILES string of the molecule is CC1(CO)COc2ccc(Cl)c3c2B(OC3CN)O1. The van der Waals surface area contributed by atoms with Crippen LogP contribution in [0.1, 0.15) is 18.6 Å². The Morgan fingerprint density at radius 3 is 3.05 bits per heavy atom. The van der Waals surface area contributed by atoms with E-state index < -0.39 is 12.7 Å². The van der Waals surface area contributed by atoms with Gasteiger partial charge in [0, 0.05) is 22.6 Å². The normalized spacial score (nSPS) is 28.8. The van der Waals surface area contributed by atoms with Crippen molar-refractivity contribution in [2.75, 3.05) is 19.8 Å². The quantitative estimate of drug-likeness (QED) is 0.760. The van der Waals surface area contributed by atoms with Crippen molar-refractivity contribution in [1.29, 1.82) is 0 Å². The zero-order chi connectivity index (χ0) is 13.6. The summed E-state index contributed by atoms with van der Waals surface area (Å²) >= 11 is 6.22. The summed E-state index contributed by atoms with van der Waals surface area (Å²) in [5.41, 5.74) is 6.53. The maximum Gasteiger partial charge on any atom is 0.499 e. The molecule has 7 heteroatoms. The maximum atomic E-state index is 9.45. The lowest BCUT2D eigenvalue weighted by molar-refractivity contribution is -0.0265. The van der Waals surface area contributed by atoms with Gasteiger partial charge in [0.1, 0.15) is 18.0 Å². The summed E-state index contributed by atoms with van der Waals surface area (Å²) in [7, 11) is -0.600. The van der Waals surface area contributed by atoms with Crippen LogP contribution in [0.3, 0.4) is 0 Å². The van der Waals surface area contributed by atoms with Gasteiger partial charge in [0.05, 0.1) is 12.7 Å². The molecule has 5 nitrogen and oxygen atoms in total. The standard InChI is InChI=1S/C12H15BClNO4/c1-12(5-16)6-17-8-3-2-7(14)10-9(4-15)18-13(19-12)11(8)10/h2-3,9,16H,4-6,15H2,1H3. The van der Waals surface area contributed by atoms with Gasteiger partial charge < -0.3 is 24.9 Å². The van der Waals surface area contributed by atoms with Gasteiger partial charge in [-0.3, -0.25) is 0 Å². The second-order valence-corrected chi connectivity index (χ2v) is 5.49. The molecule has 2 heterocycles. The molecule has 102 valence electrons. The zero-order valence-electron chi connectivity index (χ0n) is 10.6. The molecule has 0 radical (unpaired) electrons. The number of ether oxygens (including phenoxy) is 1. The van der Waals surface area contributed by atoms with Crippen LogP contribution in [0.5, 0.6) is 5.75 Å². The van der Waals surface area contributed by atoms with E-state index in [2.05, 4.69) is 0 Å². The van der Waals surface area contributed by atoms with Crippen LogP contribution in [-0.4, -0.2) is 37.6 Å². The van der Waals surface area contributed by atoms with Crippen LogP contribution >= 0.6 is 11.6 Å². The summed E-state index contributed by atoms with van der Waals surface area (Å²) in [5, 5.41) is 10.0. The molecule has 3 rings (SSSR count). The van der Waals surface area contributed by atoms with Crippen molar-refractivity contribution in [3.8, 4) is 5.75 Å². The molecule has 2 aliphatic heterocycles. The molecule has 0 aromatic heterocycles. The molecule has 3 N–H and O–H groups in total. The van der Waals surface area contributed by atoms with Crippen molar-refractivity contribution in [2.24, 2.45) is 5.73 Å². The van der Waals surface area contributed by atoms with Gasteiger partial charge in [-0.1, -0.05) is 11.6 Å². The van der Waals surface area contributed by atoms with E-state index in [-0.39, 0.29) is 19.3 Å². The molecular weight excluding hydrogens is 268 g/mol. The van der Waals surface area contributed by atoms with Gasteiger partial charge >= 0.3 is 7.12 Å². The van der Waals surface area contributed by atoms with E-state index in [9.17, 15) is 5.11 Å². The lowest BCUT2D eigenvalue weighted by atomic mass is 9.77. The topological polar surface area (TPSA) is 73.9 Å². The Balaban J connectivity index is 2.09. The molecule has 0 spiro atoms. The molecule has 0 amide bonds. The largest absolute Gasteiger partial charge is 0.499 e. The van der Waals surface area contributed by atoms with E-state index in [0.717, 1.165) is 11.0 Å². The van der Waals surface area contributed by atoms with Crippen molar-refractivity contribution >= 4 is 24.2 Å². The third-order valence-corrected chi connectivity index (χ3v) is 3.84. The number of hydrogen-bond acceptors (Lipinski definition) is 5. The maximum absolute atomic E-state index is 9.45. The fourth-order valence-electron chi connectivity index (χ4n) is 2.44. The first-order chi connectivity index (χ1) is 9.08. The Morgan fingerprint density at radius 1 is 1.58 bits per heavy atom. The molecule has 19 heavy (non-hydrogen) atoms. The van der Waals surface area contributed by atoms with Crippen LogP contribution in [0.4, 0.5) is 0 Å². The fraction of sp³-hybridized carbons (Fsp3) is 0.500. The predicted molar refractivity (Wildman–Crippen MR) is 71.8 cm³/mol. The van der Waals surface area contributed by atoms with Crippen LogP contribution in [0.25, 0.3) is 0 Å². The first-order valence-electron chi connectivity index (χ1n) is 6.17. The molecular formula is C12H15BClNO4. The molecule has 2 atom stereocenters. The van der Waals surface area contributed by atoms with Crippen molar-refractivity contribution in [1.82, 2.24) is 0 Å². The number of nitrogens with two attached hydrogens (primary N) is 1. The lowest BCUT2D eigenvalue weighted by Gasteiger charge is -2.27. The van der Waals surface area contributed by atoms with Crippen molar-refractivity contribution in [3.63, 3.8) is 0 Å². The second-order valence-electron chi connectivity index (χ2n) is 5.08. The number of rotatable bonds is 2. The van der Waals surface area contributed by atoms with Gasteiger partial charge in [0.2, 0.25) is 0 Å². The molecule has 0 fully saturated rings. The van der Waals surface area contributed by atoms with Crippen molar-refractivity contribution in [3.05, 3.63) is 22.7 Å². The van der Waals surface area contributed by atoms with Crippen LogP contribution in [0, 0.1) is 0 Å². The highest BCUT2D eigenvalue weighted by molar-refractivity contribution is 6.65. The third kappa shape index (κ3) is 2.04. The minimum atomic E-state index is -0.809. The van der Waals surface area contributed by atoms with Crippen LogP contribution in [0.2, 0.25) is 5.02 Å². The van der Waals surface area contributed by atoms with Crippen molar-refractivity contribution in [2.45, 2.75) is 18.6 Å². The van der Waals surface area contributed by atoms with Gasteiger partial charge in [-0.15, -0.1) is 0 Å². The average molecular weight is 284 g/mol. The molecule has 0 saturated heterocycles. The summed E-state index contributed by atoms with van der Waals surface area (Å²) in [6, 6.07) is 3.56. The molecule has 1 aromatic carbocycles. The van der Waals surface area contributed by atoms with E-state index in [1.54, 1.807) is 19.1 Å². The lowest BCUT2D eigenvalue weighted by Crippen LogP contribution is -2.45. The fourth-order valence-corrected chi connectivity index (χ4v) is 2.72. The number of hydrogen-bond donors (Lipinski definition) is 2. The van der Waals surface area contributed by atoms with Crippen LogP contribution in [0.15, 0.2) is 12.1 Å². The van der Waals surface area contributed by atoms with E-state index in [0.29, 0.717) is 17.3 Å². The molecule has 0 saturated carbocycles. The Bertz CT molecular complexity index is 515. The van der Waals surface area contributed by atoms with Gasteiger partial charge in [-0.05, 0) is 19.1 Å². The zero-order valence-corrected chi connectivity index (χ0v) is 11.3. The summed E-state index contributed by atoms with van der Waals surface area (Å²) in [5.74, 6) is 0.678.